The second-order valence-electron chi connectivity index (χ2n) is 12.6. The second kappa shape index (κ2) is 8.00. The van der Waals surface area contributed by atoms with Crippen LogP contribution in [0.15, 0.2) is 83.8 Å². The molecule has 4 aromatic carbocycles. The number of hydrogen-bond donors (Lipinski definition) is 0. The van der Waals surface area contributed by atoms with E-state index in [4.69, 9.17) is 4.98 Å². The van der Waals surface area contributed by atoms with Gasteiger partial charge >= 0.3 is 0 Å². The molecule has 0 saturated heterocycles. The first-order valence-electron chi connectivity index (χ1n) is 13.4. The molecule has 2 aromatic heterocycles. The summed E-state index contributed by atoms with van der Waals surface area (Å²) in [4.78, 5) is 6.32. The Morgan fingerprint density at radius 1 is 0.658 bits per heavy atom. The maximum Gasteiger partial charge on any atom is 0.124 e. The molecule has 4 heteroatoms. The molecule has 0 unspecified atom stereocenters. The summed E-state index contributed by atoms with van der Waals surface area (Å²) in [5.74, 6) is 2.01. The smallest absolute Gasteiger partial charge is 0.124 e. The Hall–Kier alpha value is -3.50. The summed E-state index contributed by atoms with van der Waals surface area (Å²) in [5, 5.41) is 2.63. The topological polar surface area (TPSA) is 22.8 Å². The molecule has 3 nitrogen and oxygen atoms in total. The second-order valence-corrected chi connectivity index (χ2v) is 13.6. The SMILES string of the molecule is CC(C)(C)c1ccc2c(c1)c1cc(C(C)(C)C)ccc1n2-c1ccc2nc3n(c2c1)-c1ccccc1SC3. The van der Waals surface area contributed by atoms with Gasteiger partial charge in [-0.3, -0.25) is 4.57 Å². The van der Waals surface area contributed by atoms with E-state index in [9.17, 15) is 0 Å². The van der Waals surface area contributed by atoms with E-state index >= 15 is 0 Å². The first-order valence-corrected chi connectivity index (χ1v) is 14.4. The van der Waals surface area contributed by atoms with Crippen molar-refractivity contribution in [2.75, 3.05) is 0 Å². The quantitative estimate of drug-likeness (QED) is 0.218. The third-order valence-corrected chi connectivity index (χ3v) is 8.98. The van der Waals surface area contributed by atoms with E-state index < -0.39 is 0 Å². The highest BCUT2D eigenvalue weighted by Crippen LogP contribution is 2.40. The molecular weight excluding hydrogens is 482 g/mol. The van der Waals surface area contributed by atoms with Gasteiger partial charge in [0.05, 0.1) is 33.5 Å². The molecule has 3 heterocycles. The molecule has 190 valence electrons. The lowest BCUT2D eigenvalue weighted by Crippen LogP contribution is -2.10. The lowest BCUT2D eigenvalue weighted by Gasteiger charge is -2.19. The molecule has 0 fully saturated rings. The van der Waals surface area contributed by atoms with E-state index in [1.165, 1.54) is 49.2 Å². The Morgan fingerprint density at radius 3 is 1.92 bits per heavy atom. The molecule has 0 aliphatic carbocycles. The van der Waals surface area contributed by atoms with Crippen LogP contribution in [0.25, 0.3) is 44.2 Å². The van der Waals surface area contributed by atoms with Gasteiger partial charge in [0.25, 0.3) is 0 Å². The Bertz CT molecular complexity index is 1820. The van der Waals surface area contributed by atoms with Crippen molar-refractivity contribution in [1.82, 2.24) is 14.1 Å². The van der Waals surface area contributed by atoms with Gasteiger partial charge in [0.2, 0.25) is 0 Å². The standard InChI is InChI=1S/C34H33N3S/c1-33(2,3)21-11-15-27-24(17-21)25-18-22(34(4,5)6)12-16-28(25)36(27)23-13-14-26-30(19-23)37-29-9-7-8-10-31(29)38-20-32(37)35-26/h7-19H,20H2,1-6H3. The summed E-state index contributed by atoms with van der Waals surface area (Å²) in [7, 11) is 0. The van der Waals surface area contributed by atoms with E-state index in [0.29, 0.717) is 0 Å². The normalized spacial score (nSPS) is 13.8. The molecule has 0 spiro atoms. The van der Waals surface area contributed by atoms with Crippen LogP contribution in [-0.2, 0) is 16.6 Å². The summed E-state index contributed by atoms with van der Waals surface area (Å²) < 4.78 is 4.79. The Morgan fingerprint density at radius 2 is 1.29 bits per heavy atom. The minimum absolute atomic E-state index is 0.0885. The Balaban J connectivity index is 1.53. The monoisotopic (exact) mass is 515 g/mol. The molecule has 1 aliphatic rings. The number of rotatable bonds is 1. The van der Waals surface area contributed by atoms with Crippen molar-refractivity contribution < 1.29 is 0 Å². The van der Waals surface area contributed by atoms with Crippen molar-refractivity contribution in [3.8, 4) is 11.4 Å². The first-order chi connectivity index (χ1) is 18.1. The fourth-order valence-corrected chi connectivity index (χ4v) is 6.72. The van der Waals surface area contributed by atoms with Crippen LogP contribution in [0, 0.1) is 0 Å². The van der Waals surface area contributed by atoms with Gasteiger partial charge in [-0.1, -0.05) is 65.8 Å². The molecule has 0 radical (unpaired) electrons. The van der Waals surface area contributed by atoms with E-state index in [-0.39, 0.29) is 10.8 Å². The molecule has 0 atom stereocenters. The van der Waals surface area contributed by atoms with E-state index in [0.717, 1.165) is 22.6 Å². The molecule has 0 saturated carbocycles. The summed E-state index contributed by atoms with van der Waals surface area (Å²) in [5.41, 5.74) is 9.99. The van der Waals surface area contributed by atoms with E-state index in [1.54, 1.807) is 0 Å². The van der Waals surface area contributed by atoms with Gasteiger partial charge in [0.1, 0.15) is 5.82 Å². The largest absolute Gasteiger partial charge is 0.309 e. The zero-order valence-electron chi connectivity index (χ0n) is 23.0. The minimum Gasteiger partial charge on any atom is -0.309 e. The van der Waals surface area contributed by atoms with Crippen LogP contribution in [0.2, 0.25) is 0 Å². The fraction of sp³-hybridized carbons (Fsp3) is 0.265. The van der Waals surface area contributed by atoms with Gasteiger partial charge in [0.15, 0.2) is 0 Å². The van der Waals surface area contributed by atoms with Crippen molar-refractivity contribution in [2.45, 2.75) is 63.0 Å². The molecule has 7 rings (SSSR count). The third-order valence-electron chi connectivity index (χ3n) is 7.93. The number of benzene rings is 4. The van der Waals surface area contributed by atoms with Gasteiger partial charge in [-0.15, -0.1) is 11.8 Å². The lowest BCUT2D eigenvalue weighted by atomic mass is 9.85. The number of aromatic nitrogens is 3. The van der Waals surface area contributed by atoms with Crippen molar-refractivity contribution >= 4 is 44.6 Å². The van der Waals surface area contributed by atoms with Crippen LogP contribution in [0.1, 0.15) is 58.5 Å². The van der Waals surface area contributed by atoms with Crippen LogP contribution in [0.4, 0.5) is 0 Å². The highest BCUT2D eigenvalue weighted by Gasteiger charge is 2.23. The maximum atomic E-state index is 5.01. The maximum absolute atomic E-state index is 5.01. The summed E-state index contributed by atoms with van der Waals surface area (Å²) in [6.45, 7) is 13.8. The molecule has 1 aliphatic heterocycles. The van der Waals surface area contributed by atoms with Gasteiger partial charge in [0, 0.05) is 21.4 Å². The van der Waals surface area contributed by atoms with E-state index in [1.807, 2.05) is 11.8 Å². The molecule has 6 aromatic rings. The van der Waals surface area contributed by atoms with Crippen molar-refractivity contribution in [1.29, 1.82) is 0 Å². The summed E-state index contributed by atoms with van der Waals surface area (Å²) >= 11 is 1.87. The predicted octanol–water partition coefficient (Wildman–Crippen LogP) is 9.32. The fourth-order valence-electron chi connectivity index (χ4n) is 5.76. The van der Waals surface area contributed by atoms with Crippen LogP contribution in [0.5, 0.6) is 0 Å². The zero-order chi connectivity index (χ0) is 26.4. The summed E-state index contributed by atoms with van der Waals surface area (Å²) in [6.07, 6.45) is 0. The lowest BCUT2D eigenvalue weighted by molar-refractivity contribution is 0.590. The Kier molecular flexibility index (Phi) is 4.97. The minimum atomic E-state index is 0.0885. The van der Waals surface area contributed by atoms with Gasteiger partial charge < -0.3 is 4.57 Å². The molecular formula is C34H33N3S. The van der Waals surface area contributed by atoms with Crippen LogP contribution in [0.3, 0.4) is 0 Å². The van der Waals surface area contributed by atoms with Crippen LogP contribution in [-0.4, -0.2) is 14.1 Å². The number of hydrogen-bond acceptors (Lipinski definition) is 2. The van der Waals surface area contributed by atoms with Crippen molar-refractivity contribution in [2.24, 2.45) is 0 Å². The van der Waals surface area contributed by atoms with Gasteiger partial charge in [-0.25, -0.2) is 4.98 Å². The molecule has 0 amide bonds. The first kappa shape index (κ1) is 23.6. The Labute approximate surface area is 228 Å². The van der Waals surface area contributed by atoms with Gasteiger partial charge in [-0.05, 0) is 76.6 Å². The number of thioether (sulfide) groups is 1. The summed E-state index contributed by atoms with van der Waals surface area (Å²) in [6, 6.07) is 29.5. The van der Waals surface area contributed by atoms with Crippen molar-refractivity contribution in [3.63, 3.8) is 0 Å². The third kappa shape index (κ3) is 3.54. The zero-order valence-corrected chi connectivity index (χ0v) is 23.8. The average Bonchev–Trinajstić information content (AvgIpc) is 3.42. The van der Waals surface area contributed by atoms with Crippen LogP contribution >= 0.6 is 11.8 Å². The average molecular weight is 516 g/mol. The number of fused-ring (bicyclic) bond motifs is 8. The molecule has 38 heavy (non-hydrogen) atoms. The predicted molar refractivity (Wildman–Crippen MR) is 162 cm³/mol. The highest BCUT2D eigenvalue weighted by atomic mass is 32.2. The highest BCUT2D eigenvalue weighted by molar-refractivity contribution is 7.98. The number of imidazole rings is 1. The van der Waals surface area contributed by atoms with Gasteiger partial charge in [-0.2, -0.15) is 0 Å². The number of nitrogens with zero attached hydrogens (tertiary/aromatic N) is 3. The van der Waals surface area contributed by atoms with Crippen molar-refractivity contribution in [3.05, 3.63) is 95.8 Å². The van der Waals surface area contributed by atoms with Crippen LogP contribution < -0.4 is 0 Å². The molecule has 0 N–H and O–H groups in total. The molecule has 0 bridgehead atoms. The number of para-hydroxylation sites is 1. The van der Waals surface area contributed by atoms with E-state index in [2.05, 4.69) is 130 Å².